The Morgan fingerprint density at radius 1 is 0.852 bits per heavy atom. The van der Waals surface area contributed by atoms with Gasteiger partial charge in [-0.1, -0.05) is 18.2 Å². The van der Waals surface area contributed by atoms with E-state index >= 15 is 0 Å². The monoisotopic (exact) mass is 395 g/mol. The number of aromatic nitrogens is 2. The molecule has 0 spiro atoms. The summed E-state index contributed by atoms with van der Waals surface area (Å²) in [5.74, 6) is 2.40. The third kappa shape index (κ3) is 4.51. The van der Waals surface area contributed by atoms with Crippen molar-refractivity contribution in [1.82, 2.24) is 9.97 Å². The van der Waals surface area contributed by atoms with E-state index in [1.807, 2.05) is 60.7 Å². The van der Waals surface area contributed by atoms with Gasteiger partial charge in [-0.05, 0) is 60.9 Å². The SMILES string of the molecule is CSc1ccc2ncnc(Nc3ccc(Oc4ccccc4)cc3)c2c1.Cl. The summed E-state index contributed by atoms with van der Waals surface area (Å²) in [5.41, 5.74) is 1.87. The lowest BCUT2D eigenvalue weighted by Crippen LogP contribution is -1.96. The topological polar surface area (TPSA) is 47.0 Å². The molecular formula is C21H18ClN3OS. The average Bonchev–Trinajstić information content (AvgIpc) is 2.70. The van der Waals surface area contributed by atoms with Crippen molar-refractivity contribution in [2.45, 2.75) is 4.90 Å². The van der Waals surface area contributed by atoms with E-state index in [2.05, 4.69) is 33.7 Å². The van der Waals surface area contributed by atoms with Gasteiger partial charge < -0.3 is 10.1 Å². The molecule has 6 heteroatoms. The maximum atomic E-state index is 5.83. The number of fused-ring (bicyclic) bond motifs is 1. The van der Waals surface area contributed by atoms with Crippen molar-refractivity contribution in [1.29, 1.82) is 0 Å². The zero-order chi connectivity index (χ0) is 17.8. The summed E-state index contributed by atoms with van der Waals surface area (Å²) >= 11 is 1.70. The van der Waals surface area contributed by atoms with Gasteiger partial charge in [0.2, 0.25) is 0 Å². The second kappa shape index (κ2) is 8.75. The summed E-state index contributed by atoms with van der Waals surface area (Å²) in [7, 11) is 0. The van der Waals surface area contributed by atoms with Crippen molar-refractivity contribution < 1.29 is 4.74 Å². The molecule has 1 aromatic heterocycles. The second-order valence-corrected chi connectivity index (χ2v) is 6.55. The Bertz CT molecular complexity index is 1030. The van der Waals surface area contributed by atoms with Gasteiger partial charge in [-0.15, -0.1) is 24.2 Å². The highest BCUT2D eigenvalue weighted by Crippen LogP contribution is 2.28. The van der Waals surface area contributed by atoms with Crippen LogP contribution in [0.3, 0.4) is 0 Å². The van der Waals surface area contributed by atoms with E-state index in [9.17, 15) is 0 Å². The van der Waals surface area contributed by atoms with Crippen LogP contribution in [0.2, 0.25) is 0 Å². The number of ether oxygens (including phenoxy) is 1. The van der Waals surface area contributed by atoms with Gasteiger partial charge in [0.05, 0.1) is 5.52 Å². The first kappa shape index (κ1) is 19.0. The largest absolute Gasteiger partial charge is 0.457 e. The van der Waals surface area contributed by atoms with Crippen molar-refractivity contribution in [3.63, 3.8) is 0 Å². The Balaban J connectivity index is 0.00000210. The Labute approximate surface area is 168 Å². The number of thioether (sulfide) groups is 1. The van der Waals surface area contributed by atoms with Gasteiger partial charge in [0, 0.05) is 16.0 Å². The Hall–Kier alpha value is -2.76. The van der Waals surface area contributed by atoms with E-state index in [4.69, 9.17) is 4.74 Å². The summed E-state index contributed by atoms with van der Waals surface area (Å²) in [4.78, 5) is 9.93. The molecule has 0 atom stereocenters. The summed E-state index contributed by atoms with van der Waals surface area (Å²) in [6.07, 6.45) is 3.64. The van der Waals surface area contributed by atoms with E-state index in [0.717, 1.165) is 33.9 Å². The molecule has 0 saturated carbocycles. The van der Waals surface area contributed by atoms with E-state index in [1.54, 1.807) is 18.1 Å². The van der Waals surface area contributed by atoms with Gasteiger partial charge in [0.1, 0.15) is 23.6 Å². The van der Waals surface area contributed by atoms with Crippen LogP contribution in [-0.2, 0) is 0 Å². The first-order chi connectivity index (χ1) is 12.8. The van der Waals surface area contributed by atoms with E-state index in [0.29, 0.717) is 0 Å². The summed E-state index contributed by atoms with van der Waals surface area (Å²) in [6.45, 7) is 0. The second-order valence-electron chi connectivity index (χ2n) is 5.67. The number of hydrogen-bond donors (Lipinski definition) is 1. The van der Waals surface area contributed by atoms with Crippen LogP contribution in [-0.4, -0.2) is 16.2 Å². The molecule has 1 N–H and O–H groups in total. The van der Waals surface area contributed by atoms with Crippen molar-refractivity contribution in [2.24, 2.45) is 0 Å². The minimum Gasteiger partial charge on any atom is -0.457 e. The lowest BCUT2D eigenvalue weighted by molar-refractivity contribution is 0.483. The molecule has 0 saturated heterocycles. The third-order valence-corrected chi connectivity index (χ3v) is 4.66. The predicted octanol–water partition coefficient (Wildman–Crippen LogP) is 6.31. The Morgan fingerprint density at radius 2 is 1.59 bits per heavy atom. The highest BCUT2D eigenvalue weighted by molar-refractivity contribution is 7.98. The lowest BCUT2D eigenvalue weighted by Gasteiger charge is -2.10. The smallest absolute Gasteiger partial charge is 0.141 e. The van der Waals surface area contributed by atoms with Crippen LogP contribution in [0.1, 0.15) is 0 Å². The third-order valence-electron chi connectivity index (χ3n) is 3.94. The van der Waals surface area contributed by atoms with Crippen LogP contribution in [0.15, 0.2) is 84.0 Å². The van der Waals surface area contributed by atoms with Crippen LogP contribution in [0, 0.1) is 0 Å². The van der Waals surface area contributed by atoms with Gasteiger partial charge in [0.25, 0.3) is 0 Å². The number of halogens is 1. The molecule has 136 valence electrons. The highest BCUT2D eigenvalue weighted by atomic mass is 35.5. The lowest BCUT2D eigenvalue weighted by atomic mass is 10.2. The number of nitrogens with zero attached hydrogens (tertiary/aromatic N) is 2. The van der Waals surface area contributed by atoms with Crippen LogP contribution in [0.25, 0.3) is 10.9 Å². The number of nitrogens with one attached hydrogen (secondary N) is 1. The number of hydrogen-bond acceptors (Lipinski definition) is 5. The number of anilines is 2. The van der Waals surface area contributed by atoms with Gasteiger partial charge in [-0.3, -0.25) is 0 Å². The van der Waals surface area contributed by atoms with Crippen LogP contribution >= 0.6 is 24.2 Å². The fourth-order valence-electron chi connectivity index (χ4n) is 2.63. The Kier molecular flexibility index (Phi) is 6.16. The van der Waals surface area contributed by atoms with Crippen molar-refractivity contribution in [3.05, 3.63) is 79.1 Å². The van der Waals surface area contributed by atoms with Gasteiger partial charge in [0.15, 0.2) is 0 Å². The molecule has 0 amide bonds. The predicted molar refractivity (Wildman–Crippen MR) is 115 cm³/mol. The molecule has 27 heavy (non-hydrogen) atoms. The molecule has 0 unspecified atom stereocenters. The normalized spacial score (nSPS) is 10.3. The molecule has 1 heterocycles. The number of para-hydroxylation sites is 1. The zero-order valence-corrected chi connectivity index (χ0v) is 16.3. The standard InChI is InChI=1S/C21H17N3OS.ClH/c1-26-18-11-12-20-19(13-18)21(23-14-22-20)24-15-7-9-17(10-8-15)25-16-5-3-2-4-6-16;/h2-14H,1H3,(H,22,23,24);1H. The molecule has 0 aliphatic heterocycles. The minimum absolute atomic E-state index is 0. The van der Waals surface area contributed by atoms with Crippen molar-refractivity contribution in [2.75, 3.05) is 11.6 Å². The average molecular weight is 396 g/mol. The number of benzene rings is 3. The molecule has 4 nitrogen and oxygen atoms in total. The van der Waals surface area contributed by atoms with Gasteiger partial charge in [-0.2, -0.15) is 0 Å². The highest BCUT2D eigenvalue weighted by Gasteiger charge is 2.06. The first-order valence-corrected chi connectivity index (χ1v) is 9.43. The fourth-order valence-corrected chi connectivity index (χ4v) is 3.07. The molecule has 0 fully saturated rings. The molecule has 0 aliphatic carbocycles. The molecule has 0 bridgehead atoms. The molecular weight excluding hydrogens is 378 g/mol. The Morgan fingerprint density at radius 3 is 2.33 bits per heavy atom. The maximum absolute atomic E-state index is 5.83. The molecule has 0 aliphatic rings. The van der Waals surface area contributed by atoms with Crippen LogP contribution < -0.4 is 10.1 Å². The number of rotatable bonds is 5. The van der Waals surface area contributed by atoms with E-state index in [-0.39, 0.29) is 12.4 Å². The van der Waals surface area contributed by atoms with E-state index < -0.39 is 0 Å². The maximum Gasteiger partial charge on any atom is 0.141 e. The first-order valence-electron chi connectivity index (χ1n) is 8.20. The zero-order valence-electron chi connectivity index (χ0n) is 14.6. The summed E-state index contributed by atoms with van der Waals surface area (Å²) < 4.78 is 5.83. The van der Waals surface area contributed by atoms with Crippen molar-refractivity contribution >= 4 is 46.6 Å². The summed E-state index contributed by atoms with van der Waals surface area (Å²) in [5, 5.41) is 4.38. The molecule has 3 aromatic carbocycles. The minimum atomic E-state index is 0. The quantitative estimate of drug-likeness (QED) is 0.401. The molecule has 0 radical (unpaired) electrons. The summed E-state index contributed by atoms with van der Waals surface area (Å²) in [6, 6.07) is 23.8. The van der Waals surface area contributed by atoms with Crippen LogP contribution in [0.4, 0.5) is 11.5 Å². The molecule has 4 aromatic rings. The van der Waals surface area contributed by atoms with Gasteiger partial charge in [-0.25, -0.2) is 9.97 Å². The van der Waals surface area contributed by atoms with E-state index in [1.165, 1.54) is 4.90 Å². The fraction of sp³-hybridized carbons (Fsp3) is 0.0476. The van der Waals surface area contributed by atoms with Crippen molar-refractivity contribution in [3.8, 4) is 11.5 Å². The van der Waals surface area contributed by atoms with Crippen LogP contribution in [0.5, 0.6) is 11.5 Å². The molecule has 4 rings (SSSR count). The van der Waals surface area contributed by atoms with Gasteiger partial charge >= 0.3 is 0 Å².